The van der Waals surface area contributed by atoms with Gasteiger partial charge in [0.2, 0.25) is 5.88 Å². The van der Waals surface area contributed by atoms with Gasteiger partial charge in [-0.15, -0.1) is 0 Å². The third kappa shape index (κ3) is 4.30. The molecule has 0 unspecified atom stereocenters. The SMILES string of the molecule is COc1ccc(N2CCN(C(=O)COc3ncnc4c3cnn4-c3ccccc3)CC2)cc1. The second-order valence-corrected chi connectivity index (χ2v) is 7.66. The number of carbonyl (C=O) groups excluding carboxylic acids is 1. The lowest BCUT2D eigenvalue weighted by atomic mass is 10.2. The van der Waals surface area contributed by atoms with E-state index in [-0.39, 0.29) is 12.5 Å². The molecular weight excluding hydrogens is 420 g/mol. The number of rotatable bonds is 6. The molecule has 3 heterocycles. The van der Waals surface area contributed by atoms with Crippen LogP contribution in [0.4, 0.5) is 5.69 Å². The Labute approximate surface area is 191 Å². The fourth-order valence-corrected chi connectivity index (χ4v) is 3.92. The number of fused-ring (bicyclic) bond motifs is 1. The third-order valence-corrected chi connectivity index (χ3v) is 5.73. The smallest absolute Gasteiger partial charge is 0.260 e. The topological polar surface area (TPSA) is 85.6 Å². The minimum absolute atomic E-state index is 0.0633. The molecule has 0 radical (unpaired) electrons. The highest BCUT2D eigenvalue weighted by molar-refractivity contribution is 5.82. The first-order valence-corrected chi connectivity index (χ1v) is 10.8. The summed E-state index contributed by atoms with van der Waals surface area (Å²) in [4.78, 5) is 25.4. The van der Waals surface area contributed by atoms with Gasteiger partial charge in [-0.1, -0.05) is 18.2 Å². The largest absolute Gasteiger partial charge is 0.497 e. The van der Waals surface area contributed by atoms with Crippen molar-refractivity contribution in [1.29, 1.82) is 0 Å². The van der Waals surface area contributed by atoms with Gasteiger partial charge >= 0.3 is 0 Å². The van der Waals surface area contributed by atoms with Gasteiger partial charge in [0.15, 0.2) is 12.3 Å². The van der Waals surface area contributed by atoms with Gasteiger partial charge in [-0.2, -0.15) is 5.10 Å². The molecule has 1 aliphatic rings. The third-order valence-electron chi connectivity index (χ3n) is 5.73. The van der Waals surface area contributed by atoms with Crippen LogP contribution in [0.25, 0.3) is 16.7 Å². The zero-order valence-corrected chi connectivity index (χ0v) is 18.3. The maximum Gasteiger partial charge on any atom is 0.260 e. The predicted octanol–water partition coefficient (Wildman–Crippen LogP) is 2.55. The molecule has 0 aliphatic carbocycles. The number of para-hydroxylation sites is 1. The van der Waals surface area contributed by atoms with Gasteiger partial charge in [-0.05, 0) is 36.4 Å². The molecule has 5 rings (SSSR count). The van der Waals surface area contributed by atoms with Crippen molar-refractivity contribution in [2.75, 3.05) is 44.8 Å². The second-order valence-electron chi connectivity index (χ2n) is 7.66. The van der Waals surface area contributed by atoms with Crippen molar-refractivity contribution in [3.63, 3.8) is 0 Å². The molecule has 0 bridgehead atoms. The lowest BCUT2D eigenvalue weighted by Gasteiger charge is -2.36. The Morgan fingerprint density at radius 1 is 0.939 bits per heavy atom. The van der Waals surface area contributed by atoms with Crippen molar-refractivity contribution >= 4 is 22.6 Å². The Hall–Kier alpha value is -4.14. The van der Waals surface area contributed by atoms with Gasteiger partial charge in [0.05, 0.1) is 19.0 Å². The van der Waals surface area contributed by atoms with Crippen molar-refractivity contribution in [2.24, 2.45) is 0 Å². The molecular formula is C24H24N6O3. The van der Waals surface area contributed by atoms with E-state index in [4.69, 9.17) is 9.47 Å². The van der Waals surface area contributed by atoms with E-state index in [0.717, 1.165) is 30.2 Å². The van der Waals surface area contributed by atoms with Crippen LogP contribution < -0.4 is 14.4 Å². The molecule has 0 N–H and O–H groups in total. The first-order valence-electron chi connectivity index (χ1n) is 10.8. The number of piperazine rings is 1. The Kier molecular flexibility index (Phi) is 5.75. The van der Waals surface area contributed by atoms with E-state index in [1.54, 1.807) is 18.0 Å². The summed E-state index contributed by atoms with van der Waals surface area (Å²) in [5.41, 5.74) is 2.65. The highest BCUT2D eigenvalue weighted by atomic mass is 16.5. The van der Waals surface area contributed by atoms with Crippen LogP contribution >= 0.6 is 0 Å². The van der Waals surface area contributed by atoms with Gasteiger partial charge < -0.3 is 19.3 Å². The van der Waals surface area contributed by atoms with E-state index in [2.05, 4.69) is 20.0 Å². The molecule has 1 amide bonds. The van der Waals surface area contributed by atoms with Crippen molar-refractivity contribution in [3.05, 3.63) is 67.1 Å². The molecule has 1 aliphatic heterocycles. The second kappa shape index (κ2) is 9.15. The molecule has 1 fully saturated rings. The zero-order valence-electron chi connectivity index (χ0n) is 18.3. The number of amides is 1. The van der Waals surface area contributed by atoms with Crippen LogP contribution in [0.1, 0.15) is 0 Å². The number of methoxy groups -OCH3 is 1. The maximum absolute atomic E-state index is 12.8. The zero-order chi connectivity index (χ0) is 22.6. The van der Waals surface area contributed by atoms with Gasteiger partial charge in [0.1, 0.15) is 17.5 Å². The average Bonchev–Trinajstić information content (AvgIpc) is 3.33. The van der Waals surface area contributed by atoms with Crippen molar-refractivity contribution in [1.82, 2.24) is 24.6 Å². The Balaban J connectivity index is 1.20. The van der Waals surface area contributed by atoms with Gasteiger partial charge in [0, 0.05) is 31.9 Å². The summed E-state index contributed by atoms with van der Waals surface area (Å²) in [5.74, 6) is 1.12. The van der Waals surface area contributed by atoms with Crippen LogP contribution in [-0.4, -0.2) is 70.5 Å². The summed E-state index contributed by atoms with van der Waals surface area (Å²) in [6.45, 7) is 2.73. The summed E-state index contributed by atoms with van der Waals surface area (Å²) < 4.78 is 12.7. The lowest BCUT2D eigenvalue weighted by molar-refractivity contribution is -0.133. The normalized spacial score (nSPS) is 13.8. The number of anilines is 1. The number of nitrogens with zero attached hydrogens (tertiary/aromatic N) is 6. The summed E-state index contributed by atoms with van der Waals surface area (Å²) in [7, 11) is 1.66. The number of hydrogen-bond acceptors (Lipinski definition) is 7. The number of benzene rings is 2. The standard InChI is InChI=1S/C24H24N6O3/c1-32-20-9-7-18(8-10-20)28-11-13-29(14-12-28)22(31)16-33-24-21-15-27-30(23(21)25-17-26-24)19-5-3-2-4-6-19/h2-10,15,17H,11-14,16H2,1H3. The maximum atomic E-state index is 12.8. The van der Waals surface area contributed by atoms with E-state index in [0.29, 0.717) is 30.0 Å². The highest BCUT2D eigenvalue weighted by Gasteiger charge is 2.22. The van der Waals surface area contributed by atoms with Crippen LogP contribution in [0.3, 0.4) is 0 Å². The van der Waals surface area contributed by atoms with E-state index in [1.165, 1.54) is 6.33 Å². The first kappa shape index (κ1) is 20.7. The Bertz CT molecular complexity index is 1230. The molecule has 2 aromatic heterocycles. The predicted molar refractivity (Wildman–Crippen MR) is 124 cm³/mol. The van der Waals surface area contributed by atoms with Crippen LogP contribution in [0, 0.1) is 0 Å². The molecule has 33 heavy (non-hydrogen) atoms. The van der Waals surface area contributed by atoms with Crippen LogP contribution in [0.15, 0.2) is 67.1 Å². The molecule has 2 aromatic carbocycles. The van der Waals surface area contributed by atoms with E-state index < -0.39 is 0 Å². The monoisotopic (exact) mass is 444 g/mol. The van der Waals surface area contributed by atoms with E-state index in [1.807, 2.05) is 59.5 Å². The minimum atomic E-state index is -0.0782. The van der Waals surface area contributed by atoms with Crippen LogP contribution in [0.2, 0.25) is 0 Å². The summed E-state index contributed by atoms with van der Waals surface area (Å²) in [6.07, 6.45) is 3.09. The van der Waals surface area contributed by atoms with Gasteiger partial charge in [0.25, 0.3) is 5.91 Å². The number of carbonyl (C=O) groups is 1. The van der Waals surface area contributed by atoms with Gasteiger partial charge in [-0.25, -0.2) is 14.6 Å². The average molecular weight is 444 g/mol. The minimum Gasteiger partial charge on any atom is -0.497 e. The molecule has 9 heteroatoms. The first-order chi connectivity index (χ1) is 16.2. The molecule has 1 saturated heterocycles. The molecule has 168 valence electrons. The Morgan fingerprint density at radius 3 is 2.42 bits per heavy atom. The van der Waals surface area contributed by atoms with Gasteiger partial charge in [-0.3, -0.25) is 4.79 Å². The molecule has 4 aromatic rings. The van der Waals surface area contributed by atoms with E-state index >= 15 is 0 Å². The summed E-state index contributed by atoms with van der Waals surface area (Å²) >= 11 is 0. The molecule has 0 atom stereocenters. The summed E-state index contributed by atoms with van der Waals surface area (Å²) in [6, 6.07) is 17.7. The molecule has 0 spiro atoms. The van der Waals surface area contributed by atoms with Crippen molar-refractivity contribution in [3.8, 4) is 17.3 Å². The van der Waals surface area contributed by atoms with Crippen molar-refractivity contribution in [2.45, 2.75) is 0 Å². The number of aromatic nitrogens is 4. The highest BCUT2D eigenvalue weighted by Crippen LogP contribution is 2.24. The fourth-order valence-electron chi connectivity index (χ4n) is 3.92. The quantitative estimate of drug-likeness (QED) is 0.452. The fraction of sp³-hybridized carbons (Fsp3) is 0.250. The number of hydrogen-bond donors (Lipinski definition) is 0. The number of ether oxygens (including phenoxy) is 2. The molecule has 0 saturated carbocycles. The van der Waals surface area contributed by atoms with E-state index in [9.17, 15) is 4.79 Å². The van der Waals surface area contributed by atoms with Crippen LogP contribution in [0.5, 0.6) is 11.6 Å². The summed E-state index contributed by atoms with van der Waals surface area (Å²) in [5, 5.41) is 5.08. The Morgan fingerprint density at radius 2 is 1.70 bits per heavy atom. The molecule has 9 nitrogen and oxygen atoms in total. The van der Waals surface area contributed by atoms with Crippen molar-refractivity contribution < 1.29 is 14.3 Å². The lowest BCUT2D eigenvalue weighted by Crippen LogP contribution is -2.50. The van der Waals surface area contributed by atoms with Crippen LogP contribution in [-0.2, 0) is 4.79 Å².